The van der Waals surface area contributed by atoms with E-state index in [0.717, 1.165) is 0 Å². The highest BCUT2D eigenvalue weighted by atomic mass is 79.9. The van der Waals surface area contributed by atoms with Gasteiger partial charge in [0.2, 0.25) is 0 Å². The lowest BCUT2D eigenvalue weighted by molar-refractivity contribution is 0.0743. The molecule has 0 saturated carbocycles. The van der Waals surface area contributed by atoms with E-state index in [2.05, 4.69) is 15.9 Å². The molecular weight excluding hydrogens is 299 g/mol. The molecule has 2 rings (SSSR count). The first-order valence-corrected chi connectivity index (χ1v) is 6.11. The molecule has 2 nitrogen and oxygen atoms in total. The fraction of sp³-hybridized carbons (Fsp3) is 0.0714. The minimum atomic E-state index is -1.35. The van der Waals surface area contributed by atoms with Crippen LogP contribution in [0.4, 0.5) is 4.39 Å². The molecule has 0 radical (unpaired) electrons. The Labute approximate surface area is 112 Å². The lowest BCUT2D eigenvalue weighted by Gasteiger charge is -2.10. The number of ketones is 1. The van der Waals surface area contributed by atoms with E-state index in [4.69, 9.17) is 0 Å². The Balaban J connectivity index is 2.34. The molecule has 1 atom stereocenters. The van der Waals surface area contributed by atoms with Gasteiger partial charge in [0.05, 0.1) is 5.56 Å². The van der Waals surface area contributed by atoms with Crippen molar-refractivity contribution in [3.63, 3.8) is 0 Å². The van der Waals surface area contributed by atoms with Gasteiger partial charge in [-0.2, -0.15) is 0 Å². The molecule has 0 heterocycles. The molecule has 2 aromatic carbocycles. The molecule has 0 fully saturated rings. The lowest BCUT2D eigenvalue weighted by atomic mass is 10.00. The van der Waals surface area contributed by atoms with Crippen molar-refractivity contribution in [2.45, 2.75) is 6.10 Å². The number of rotatable bonds is 3. The second-order valence-electron chi connectivity index (χ2n) is 3.80. The van der Waals surface area contributed by atoms with Gasteiger partial charge in [-0.05, 0) is 23.8 Å². The van der Waals surface area contributed by atoms with Gasteiger partial charge in [-0.25, -0.2) is 4.39 Å². The maximum absolute atomic E-state index is 13.5. The fourth-order valence-electron chi connectivity index (χ4n) is 1.62. The highest BCUT2D eigenvalue weighted by Crippen LogP contribution is 2.22. The van der Waals surface area contributed by atoms with Crippen molar-refractivity contribution in [3.05, 3.63) is 69.9 Å². The Bertz CT molecular complexity index is 569. The van der Waals surface area contributed by atoms with Gasteiger partial charge in [0.15, 0.2) is 5.78 Å². The number of Topliss-reactive ketones (excluding diaryl/α,β-unsaturated/α-hetero) is 1. The van der Waals surface area contributed by atoms with Crippen molar-refractivity contribution in [1.82, 2.24) is 0 Å². The number of hydrogen-bond donors (Lipinski definition) is 1. The Hall–Kier alpha value is -1.52. The largest absolute Gasteiger partial charge is 0.380 e. The van der Waals surface area contributed by atoms with Gasteiger partial charge in [0.25, 0.3) is 0 Å². The maximum Gasteiger partial charge on any atom is 0.198 e. The monoisotopic (exact) mass is 308 g/mol. The summed E-state index contributed by atoms with van der Waals surface area (Å²) in [5, 5.41) is 9.93. The van der Waals surface area contributed by atoms with Crippen LogP contribution >= 0.6 is 15.9 Å². The Kier molecular flexibility index (Phi) is 3.89. The van der Waals surface area contributed by atoms with Crippen molar-refractivity contribution in [3.8, 4) is 0 Å². The molecule has 92 valence electrons. The van der Waals surface area contributed by atoms with Crippen molar-refractivity contribution < 1.29 is 14.3 Å². The van der Waals surface area contributed by atoms with Crippen LogP contribution < -0.4 is 0 Å². The summed E-state index contributed by atoms with van der Waals surface area (Å²) in [4.78, 5) is 12.0. The lowest BCUT2D eigenvalue weighted by Crippen LogP contribution is -2.13. The average molecular weight is 309 g/mol. The first-order chi connectivity index (χ1) is 8.59. The summed E-state index contributed by atoms with van der Waals surface area (Å²) in [6.45, 7) is 0. The molecule has 0 amide bonds. The van der Waals surface area contributed by atoms with Gasteiger partial charge in [0.1, 0.15) is 11.9 Å². The minimum Gasteiger partial charge on any atom is -0.380 e. The summed E-state index contributed by atoms with van der Waals surface area (Å²) in [7, 11) is 0. The fourth-order valence-corrected chi connectivity index (χ4v) is 1.98. The summed E-state index contributed by atoms with van der Waals surface area (Å²) in [6, 6.07) is 12.5. The minimum absolute atomic E-state index is 0.124. The Morgan fingerprint density at radius 3 is 2.50 bits per heavy atom. The van der Waals surface area contributed by atoms with Gasteiger partial charge in [-0.15, -0.1) is 0 Å². The van der Waals surface area contributed by atoms with Crippen LogP contribution in [0.15, 0.2) is 53.0 Å². The summed E-state index contributed by atoms with van der Waals surface area (Å²) in [5.74, 6) is -1.29. The number of aliphatic hydroxyl groups excluding tert-OH is 1. The quantitative estimate of drug-likeness (QED) is 0.881. The number of hydrogen-bond acceptors (Lipinski definition) is 2. The van der Waals surface area contributed by atoms with Crippen LogP contribution in [-0.2, 0) is 0 Å². The average Bonchev–Trinajstić information content (AvgIpc) is 2.41. The van der Waals surface area contributed by atoms with Crippen LogP contribution in [0, 0.1) is 5.82 Å². The summed E-state index contributed by atoms with van der Waals surface area (Å²) < 4.78 is 14.1. The molecule has 1 unspecified atom stereocenters. The van der Waals surface area contributed by atoms with E-state index in [1.165, 1.54) is 18.2 Å². The van der Waals surface area contributed by atoms with E-state index in [1.54, 1.807) is 30.3 Å². The van der Waals surface area contributed by atoms with E-state index in [-0.39, 0.29) is 5.56 Å². The van der Waals surface area contributed by atoms with E-state index in [0.29, 0.717) is 10.0 Å². The highest BCUT2D eigenvalue weighted by molar-refractivity contribution is 9.10. The van der Waals surface area contributed by atoms with Gasteiger partial charge in [0, 0.05) is 4.47 Å². The first-order valence-electron chi connectivity index (χ1n) is 5.32. The van der Waals surface area contributed by atoms with Gasteiger partial charge >= 0.3 is 0 Å². The number of carbonyl (C=O) groups is 1. The molecule has 0 spiro atoms. The molecule has 4 heteroatoms. The topological polar surface area (TPSA) is 37.3 Å². The normalized spacial score (nSPS) is 12.2. The van der Waals surface area contributed by atoms with Crippen molar-refractivity contribution in [2.75, 3.05) is 0 Å². The van der Waals surface area contributed by atoms with Crippen LogP contribution in [0.3, 0.4) is 0 Å². The van der Waals surface area contributed by atoms with Crippen LogP contribution in [-0.4, -0.2) is 10.9 Å². The van der Waals surface area contributed by atoms with Gasteiger partial charge < -0.3 is 5.11 Å². The molecular formula is C14H10BrFO2. The van der Waals surface area contributed by atoms with Crippen LogP contribution in [0.2, 0.25) is 0 Å². The molecule has 0 saturated heterocycles. The number of aliphatic hydroxyl groups is 1. The third-order valence-electron chi connectivity index (χ3n) is 2.56. The Morgan fingerprint density at radius 1 is 1.17 bits per heavy atom. The first kappa shape index (κ1) is 12.9. The molecule has 0 aliphatic rings. The zero-order valence-electron chi connectivity index (χ0n) is 9.31. The van der Waals surface area contributed by atoms with E-state index < -0.39 is 17.7 Å². The zero-order valence-corrected chi connectivity index (χ0v) is 10.9. The predicted molar refractivity (Wildman–Crippen MR) is 69.8 cm³/mol. The molecule has 0 aliphatic carbocycles. The van der Waals surface area contributed by atoms with Crippen LogP contribution in [0.25, 0.3) is 0 Å². The number of carbonyl (C=O) groups excluding carboxylic acids is 1. The standard InChI is InChI=1S/C14H10BrFO2/c15-10-6-7-12(16)11(8-10)14(18)13(17)9-4-2-1-3-5-9/h1-8,13,17H. The second kappa shape index (κ2) is 5.42. The molecule has 0 bridgehead atoms. The molecule has 0 aliphatic heterocycles. The molecule has 0 aromatic heterocycles. The zero-order chi connectivity index (χ0) is 13.1. The second-order valence-corrected chi connectivity index (χ2v) is 4.72. The SMILES string of the molecule is O=C(c1cc(Br)ccc1F)C(O)c1ccccc1. The van der Waals surface area contributed by atoms with E-state index >= 15 is 0 Å². The maximum atomic E-state index is 13.5. The van der Waals surface area contributed by atoms with Crippen molar-refractivity contribution in [1.29, 1.82) is 0 Å². The summed E-state index contributed by atoms with van der Waals surface area (Å²) >= 11 is 3.17. The number of halogens is 2. The number of benzene rings is 2. The third-order valence-corrected chi connectivity index (χ3v) is 3.05. The molecule has 2 aromatic rings. The van der Waals surface area contributed by atoms with Crippen LogP contribution in [0.5, 0.6) is 0 Å². The predicted octanol–water partition coefficient (Wildman–Crippen LogP) is 3.50. The van der Waals surface area contributed by atoms with Crippen LogP contribution in [0.1, 0.15) is 22.0 Å². The van der Waals surface area contributed by atoms with E-state index in [1.807, 2.05) is 0 Å². The summed E-state index contributed by atoms with van der Waals surface area (Å²) in [5.41, 5.74) is 0.322. The smallest absolute Gasteiger partial charge is 0.198 e. The van der Waals surface area contributed by atoms with Crippen molar-refractivity contribution in [2.24, 2.45) is 0 Å². The highest BCUT2D eigenvalue weighted by Gasteiger charge is 2.22. The van der Waals surface area contributed by atoms with Gasteiger partial charge in [-0.1, -0.05) is 46.3 Å². The summed E-state index contributed by atoms with van der Waals surface area (Å²) in [6.07, 6.45) is -1.35. The Morgan fingerprint density at radius 2 is 1.83 bits per heavy atom. The van der Waals surface area contributed by atoms with Crippen molar-refractivity contribution >= 4 is 21.7 Å². The third kappa shape index (κ3) is 2.66. The van der Waals surface area contributed by atoms with Gasteiger partial charge in [-0.3, -0.25) is 4.79 Å². The molecule has 1 N–H and O–H groups in total. The van der Waals surface area contributed by atoms with E-state index in [9.17, 15) is 14.3 Å². The molecule has 18 heavy (non-hydrogen) atoms.